The summed E-state index contributed by atoms with van der Waals surface area (Å²) in [6.45, 7) is 0.744. The van der Waals surface area contributed by atoms with Gasteiger partial charge in [-0.15, -0.1) is 0 Å². The lowest BCUT2D eigenvalue weighted by atomic mass is 9.94. The molecule has 0 aliphatic heterocycles. The summed E-state index contributed by atoms with van der Waals surface area (Å²) in [6, 6.07) is 0. The van der Waals surface area contributed by atoms with Gasteiger partial charge in [0.05, 0.1) is 5.92 Å². The van der Waals surface area contributed by atoms with Crippen molar-refractivity contribution in [1.82, 2.24) is 0 Å². The van der Waals surface area contributed by atoms with Crippen LogP contribution in [0.5, 0.6) is 0 Å². The zero-order valence-corrected chi connectivity index (χ0v) is 14.7. The average molecular weight is 376 g/mol. The Kier molecular flexibility index (Phi) is 12.0. The Labute approximate surface area is 145 Å². The van der Waals surface area contributed by atoms with Crippen molar-refractivity contribution in [3.63, 3.8) is 0 Å². The Morgan fingerprint density at radius 2 is 1.36 bits per heavy atom. The molecule has 0 heterocycles. The summed E-state index contributed by atoms with van der Waals surface area (Å²) < 4.78 is 66.7. The van der Waals surface area contributed by atoms with Gasteiger partial charge in [-0.05, 0) is 25.7 Å². The minimum atomic E-state index is -5.57. The fourth-order valence-corrected chi connectivity index (χ4v) is 2.62. The molecule has 0 aliphatic carbocycles. The Hall–Kier alpha value is -0.920. The first-order chi connectivity index (χ1) is 11.6. The van der Waals surface area contributed by atoms with Crippen LogP contribution in [0, 0.1) is 5.92 Å². The first-order valence-corrected chi connectivity index (χ1v) is 8.78. The lowest BCUT2D eigenvalue weighted by Gasteiger charge is -2.20. The van der Waals surface area contributed by atoms with E-state index in [9.17, 15) is 26.7 Å². The first kappa shape index (κ1) is 24.1. The molecule has 0 saturated heterocycles. The first-order valence-electron chi connectivity index (χ1n) is 8.78. The predicted molar refractivity (Wildman–Crippen MR) is 84.8 cm³/mol. The molecular weight excluding hydrogens is 347 g/mol. The van der Waals surface area contributed by atoms with Crippen molar-refractivity contribution < 1.29 is 36.6 Å². The van der Waals surface area contributed by atoms with E-state index in [2.05, 4.69) is 0 Å². The van der Waals surface area contributed by atoms with E-state index >= 15 is 0 Å². The number of carboxylic acids is 1. The molecule has 0 bridgehead atoms. The van der Waals surface area contributed by atoms with E-state index in [1.54, 1.807) is 7.11 Å². The van der Waals surface area contributed by atoms with Gasteiger partial charge in [-0.3, -0.25) is 4.79 Å². The molecule has 0 aromatic heterocycles. The Bertz CT molecular complexity index is 359. The maximum absolute atomic E-state index is 12.8. The summed E-state index contributed by atoms with van der Waals surface area (Å²) in [5.41, 5.74) is 0. The van der Waals surface area contributed by atoms with Crippen LogP contribution in [-0.2, 0) is 9.53 Å². The fraction of sp³-hybridized carbons (Fsp3) is 0.941. The summed E-state index contributed by atoms with van der Waals surface area (Å²) in [6.07, 6.45) is -0.562. The largest absolute Gasteiger partial charge is 0.481 e. The van der Waals surface area contributed by atoms with Gasteiger partial charge in [0.15, 0.2) is 0 Å². The molecule has 0 saturated carbocycles. The molecule has 0 aliphatic rings. The van der Waals surface area contributed by atoms with Crippen molar-refractivity contribution in [3.8, 4) is 0 Å². The monoisotopic (exact) mass is 376 g/mol. The van der Waals surface area contributed by atoms with E-state index in [4.69, 9.17) is 9.84 Å². The minimum absolute atomic E-state index is 0.155. The smallest absolute Gasteiger partial charge is 0.453 e. The molecule has 0 rings (SSSR count). The van der Waals surface area contributed by atoms with Crippen molar-refractivity contribution >= 4 is 5.97 Å². The van der Waals surface area contributed by atoms with Gasteiger partial charge in [0, 0.05) is 20.1 Å². The van der Waals surface area contributed by atoms with Gasteiger partial charge in [0.1, 0.15) is 0 Å². The van der Waals surface area contributed by atoms with Crippen molar-refractivity contribution in [3.05, 3.63) is 0 Å². The molecule has 25 heavy (non-hydrogen) atoms. The average Bonchev–Trinajstić information content (AvgIpc) is 2.50. The predicted octanol–water partition coefficient (Wildman–Crippen LogP) is 5.82. The van der Waals surface area contributed by atoms with Gasteiger partial charge >= 0.3 is 18.1 Å². The Balaban J connectivity index is 3.88. The normalized spacial score (nSPS) is 13.8. The van der Waals surface area contributed by atoms with Gasteiger partial charge < -0.3 is 9.84 Å². The number of aliphatic carboxylic acids is 1. The number of ether oxygens (including phenoxy) is 1. The Morgan fingerprint density at radius 3 is 1.84 bits per heavy atom. The molecule has 0 fully saturated rings. The van der Waals surface area contributed by atoms with Gasteiger partial charge in [-0.2, -0.15) is 22.0 Å². The highest BCUT2D eigenvalue weighted by atomic mass is 19.4. The van der Waals surface area contributed by atoms with E-state index in [0.29, 0.717) is 12.8 Å². The maximum atomic E-state index is 12.8. The van der Waals surface area contributed by atoms with Crippen LogP contribution >= 0.6 is 0 Å². The number of hydrogen-bond acceptors (Lipinski definition) is 2. The maximum Gasteiger partial charge on any atom is 0.453 e. The minimum Gasteiger partial charge on any atom is -0.481 e. The van der Waals surface area contributed by atoms with Crippen LogP contribution in [0.3, 0.4) is 0 Å². The van der Waals surface area contributed by atoms with Crippen LogP contribution in [0.2, 0.25) is 0 Å². The number of carbonyl (C=O) groups is 1. The van der Waals surface area contributed by atoms with Crippen molar-refractivity contribution in [1.29, 1.82) is 0 Å². The summed E-state index contributed by atoms with van der Waals surface area (Å²) >= 11 is 0. The van der Waals surface area contributed by atoms with Crippen LogP contribution in [0.15, 0.2) is 0 Å². The van der Waals surface area contributed by atoms with E-state index in [-0.39, 0.29) is 6.42 Å². The van der Waals surface area contributed by atoms with Crippen molar-refractivity contribution in [2.75, 3.05) is 13.7 Å². The highest BCUT2D eigenvalue weighted by Crippen LogP contribution is 2.39. The molecule has 8 heteroatoms. The molecule has 0 amide bonds. The third kappa shape index (κ3) is 11.3. The molecule has 0 aromatic rings. The zero-order chi connectivity index (χ0) is 19.3. The number of rotatable bonds is 15. The van der Waals surface area contributed by atoms with E-state index < -0.39 is 36.8 Å². The number of hydrogen-bond donors (Lipinski definition) is 1. The number of carboxylic acid groups (broad SMARTS) is 1. The molecule has 0 spiro atoms. The van der Waals surface area contributed by atoms with Crippen LogP contribution in [-0.4, -0.2) is 36.9 Å². The molecular formula is C17H29F5O3. The highest BCUT2D eigenvalue weighted by Gasteiger charge is 2.56. The summed E-state index contributed by atoms with van der Waals surface area (Å²) in [5.74, 6) is -6.74. The third-order valence-electron chi connectivity index (χ3n) is 4.21. The van der Waals surface area contributed by atoms with Gasteiger partial charge in [0.25, 0.3) is 0 Å². The lowest BCUT2D eigenvalue weighted by molar-refractivity contribution is -0.284. The van der Waals surface area contributed by atoms with Crippen molar-refractivity contribution in [2.24, 2.45) is 5.92 Å². The number of methoxy groups -OCH3 is 1. The third-order valence-corrected chi connectivity index (χ3v) is 4.21. The second kappa shape index (κ2) is 12.4. The van der Waals surface area contributed by atoms with Gasteiger partial charge in [-0.1, -0.05) is 38.5 Å². The lowest BCUT2D eigenvalue weighted by Crippen LogP contribution is -2.36. The molecule has 150 valence electrons. The molecule has 3 nitrogen and oxygen atoms in total. The topological polar surface area (TPSA) is 46.5 Å². The Morgan fingerprint density at radius 1 is 0.880 bits per heavy atom. The highest BCUT2D eigenvalue weighted by molar-refractivity contribution is 5.69. The summed E-state index contributed by atoms with van der Waals surface area (Å²) in [7, 11) is 1.66. The molecule has 1 atom stereocenters. The number of halogens is 5. The van der Waals surface area contributed by atoms with Gasteiger partial charge in [0.2, 0.25) is 0 Å². The molecule has 0 aromatic carbocycles. The van der Waals surface area contributed by atoms with Crippen LogP contribution in [0.1, 0.15) is 70.6 Å². The van der Waals surface area contributed by atoms with Crippen LogP contribution < -0.4 is 0 Å². The number of unbranched alkanes of at least 4 members (excludes halogenated alkanes) is 6. The molecule has 0 radical (unpaired) electrons. The molecule has 1 unspecified atom stereocenters. The molecule has 1 N–H and O–H groups in total. The standard InChI is InChI=1S/C17H29F5O3/c1-25-13-8-6-4-2-3-5-7-10-14(15(23)24)11-9-12-16(18,19)17(20,21)22/h14H,2-13H2,1H3,(H,23,24). The second-order valence-electron chi connectivity index (χ2n) is 6.39. The van der Waals surface area contributed by atoms with E-state index in [1.165, 1.54) is 0 Å². The fourth-order valence-electron chi connectivity index (χ4n) is 2.62. The van der Waals surface area contributed by atoms with Gasteiger partial charge in [-0.25, -0.2) is 0 Å². The number of alkyl halides is 5. The summed E-state index contributed by atoms with van der Waals surface area (Å²) in [4.78, 5) is 11.1. The quantitative estimate of drug-likeness (QED) is 0.289. The van der Waals surface area contributed by atoms with Crippen LogP contribution in [0.25, 0.3) is 0 Å². The van der Waals surface area contributed by atoms with E-state index in [0.717, 1.165) is 45.1 Å². The van der Waals surface area contributed by atoms with Crippen LogP contribution in [0.4, 0.5) is 22.0 Å². The van der Waals surface area contributed by atoms with E-state index in [1.807, 2.05) is 0 Å². The SMILES string of the molecule is COCCCCCCCCCC(CCCC(F)(F)C(F)(F)F)C(=O)O. The zero-order valence-electron chi connectivity index (χ0n) is 14.7. The van der Waals surface area contributed by atoms with Crippen molar-refractivity contribution in [2.45, 2.75) is 82.7 Å². The summed E-state index contributed by atoms with van der Waals surface area (Å²) in [5, 5.41) is 9.06. The second-order valence-corrected chi connectivity index (χ2v) is 6.39.